The molecule has 0 radical (unpaired) electrons. The van der Waals surface area contributed by atoms with Gasteiger partial charge in [0.25, 0.3) is 0 Å². The Bertz CT molecular complexity index is 640. The van der Waals surface area contributed by atoms with Crippen LogP contribution in [-0.4, -0.2) is 27.0 Å². The number of hydrogen-bond acceptors (Lipinski definition) is 2. The number of fused-ring (bicyclic) bond motifs is 1. The molecule has 1 saturated heterocycles. The molecule has 2 aliphatic heterocycles. The first-order chi connectivity index (χ1) is 8.33. The molecular formula is C13H15N3O. The predicted molar refractivity (Wildman–Crippen MR) is 66.0 cm³/mol. The van der Waals surface area contributed by atoms with E-state index in [1.807, 2.05) is 16.7 Å². The van der Waals surface area contributed by atoms with Gasteiger partial charge in [-0.25, -0.2) is 4.79 Å². The van der Waals surface area contributed by atoms with Crippen LogP contribution in [0.15, 0.2) is 23.0 Å². The zero-order chi connectivity index (χ0) is 11.4. The Hall–Kier alpha value is -1.55. The van der Waals surface area contributed by atoms with E-state index in [9.17, 15) is 4.79 Å². The van der Waals surface area contributed by atoms with E-state index in [0.29, 0.717) is 6.04 Å². The molecule has 17 heavy (non-hydrogen) atoms. The molecule has 2 aliphatic rings. The zero-order valence-electron chi connectivity index (χ0n) is 9.65. The van der Waals surface area contributed by atoms with Crippen molar-refractivity contribution >= 4 is 11.0 Å². The summed E-state index contributed by atoms with van der Waals surface area (Å²) in [4.78, 5) is 17.5. The summed E-state index contributed by atoms with van der Waals surface area (Å²) < 4.78 is 1.93. The van der Waals surface area contributed by atoms with Crippen molar-refractivity contribution in [1.82, 2.24) is 14.5 Å². The number of nitrogens with zero attached hydrogens (tertiary/aromatic N) is 2. The average Bonchev–Trinajstić information content (AvgIpc) is 2.82. The number of H-pyrrole nitrogens is 1. The monoisotopic (exact) mass is 229 g/mol. The molecular weight excluding hydrogens is 214 g/mol. The van der Waals surface area contributed by atoms with Crippen molar-refractivity contribution in [1.29, 1.82) is 0 Å². The van der Waals surface area contributed by atoms with Crippen LogP contribution in [0.3, 0.4) is 0 Å². The van der Waals surface area contributed by atoms with Gasteiger partial charge in [-0.2, -0.15) is 0 Å². The second-order valence-corrected chi connectivity index (χ2v) is 5.12. The first kappa shape index (κ1) is 9.48. The summed E-state index contributed by atoms with van der Waals surface area (Å²) in [5.41, 5.74) is 3.42. The highest BCUT2D eigenvalue weighted by atomic mass is 16.1. The van der Waals surface area contributed by atoms with Gasteiger partial charge in [-0.15, -0.1) is 0 Å². The molecule has 4 heteroatoms. The van der Waals surface area contributed by atoms with Crippen molar-refractivity contribution in [3.8, 4) is 0 Å². The molecule has 4 rings (SSSR count). The van der Waals surface area contributed by atoms with Crippen molar-refractivity contribution in [3.63, 3.8) is 0 Å². The van der Waals surface area contributed by atoms with Gasteiger partial charge in [-0.1, -0.05) is 12.1 Å². The molecule has 4 nitrogen and oxygen atoms in total. The molecule has 1 N–H and O–H groups in total. The van der Waals surface area contributed by atoms with E-state index in [1.54, 1.807) is 0 Å². The summed E-state index contributed by atoms with van der Waals surface area (Å²) in [6.45, 7) is 3.00. The summed E-state index contributed by atoms with van der Waals surface area (Å²) in [5.74, 6) is 0. The van der Waals surface area contributed by atoms with E-state index in [-0.39, 0.29) is 5.69 Å². The van der Waals surface area contributed by atoms with Crippen LogP contribution in [0.5, 0.6) is 0 Å². The van der Waals surface area contributed by atoms with E-state index in [2.05, 4.69) is 16.0 Å². The van der Waals surface area contributed by atoms with E-state index in [1.165, 1.54) is 24.9 Å². The fourth-order valence-corrected chi connectivity index (χ4v) is 3.34. The average molecular weight is 229 g/mol. The molecule has 88 valence electrons. The quantitative estimate of drug-likeness (QED) is 0.740. The van der Waals surface area contributed by atoms with Crippen LogP contribution in [0.2, 0.25) is 0 Å². The summed E-state index contributed by atoms with van der Waals surface area (Å²) in [6, 6.07) is 6.72. The van der Waals surface area contributed by atoms with Crippen LogP contribution in [0.25, 0.3) is 11.0 Å². The molecule has 1 aromatic carbocycles. The van der Waals surface area contributed by atoms with Gasteiger partial charge in [0.15, 0.2) is 0 Å². The second-order valence-electron chi connectivity index (χ2n) is 5.12. The topological polar surface area (TPSA) is 41.0 Å². The maximum atomic E-state index is 12.0. The van der Waals surface area contributed by atoms with Crippen LogP contribution in [-0.2, 0) is 13.1 Å². The third-order valence-electron chi connectivity index (χ3n) is 4.14. The fourth-order valence-electron chi connectivity index (χ4n) is 3.34. The van der Waals surface area contributed by atoms with Gasteiger partial charge in [0.2, 0.25) is 0 Å². The normalized spacial score (nSPS) is 23.9. The first-order valence-corrected chi connectivity index (χ1v) is 6.27. The highest BCUT2D eigenvalue weighted by molar-refractivity contribution is 5.79. The Morgan fingerprint density at radius 1 is 1.35 bits per heavy atom. The molecule has 1 aromatic heterocycles. The van der Waals surface area contributed by atoms with Gasteiger partial charge in [0, 0.05) is 19.1 Å². The van der Waals surface area contributed by atoms with Gasteiger partial charge in [-0.05, 0) is 31.0 Å². The lowest BCUT2D eigenvalue weighted by atomic mass is 10.2. The standard InChI is InChI=1S/C13H15N3O/c17-13-14-11-5-1-3-9-7-15-6-2-4-10(15)8-16(13)12(9)11/h1,3,5,10H,2,4,6-8H2,(H,14,17). The number of imidazole rings is 1. The molecule has 0 bridgehead atoms. The lowest BCUT2D eigenvalue weighted by Gasteiger charge is -2.21. The Kier molecular flexibility index (Phi) is 1.80. The second kappa shape index (κ2) is 3.23. The van der Waals surface area contributed by atoms with Gasteiger partial charge in [0.1, 0.15) is 0 Å². The van der Waals surface area contributed by atoms with Crippen molar-refractivity contribution < 1.29 is 0 Å². The highest BCUT2D eigenvalue weighted by Crippen LogP contribution is 2.28. The molecule has 1 unspecified atom stereocenters. The smallest absolute Gasteiger partial charge is 0.306 e. The van der Waals surface area contributed by atoms with Gasteiger partial charge >= 0.3 is 5.69 Å². The summed E-state index contributed by atoms with van der Waals surface area (Å²) in [5, 5.41) is 0. The van der Waals surface area contributed by atoms with Crippen LogP contribution in [0, 0.1) is 0 Å². The molecule has 1 atom stereocenters. The summed E-state index contributed by atoms with van der Waals surface area (Å²) >= 11 is 0. The molecule has 1 fully saturated rings. The third kappa shape index (κ3) is 1.24. The number of nitrogens with one attached hydrogen (secondary N) is 1. The van der Waals surface area contributed by atoms with E-state index >= 15 is 0 Å². The number of para-hydroxylation sites is 1. The van der Waals surface area contributed by atoms with Crippen LogP contribution >= 0.6 is 0 Å². The van der Waals surface area contributed by atoms with Gasteiger partial charge < -0.3 is 4.98 Å². The fraction of sp³-hybridized carbons (Fsp3) is 0.462. The minimum Gasteiger partial charge on any atom is -0.306 e. The van der Waals surface area contributed by atoms with E-state index in [4.69, 9.17) is 0 Å². The number of rotatable bonds is 0. The van der Waals surface area contributed by atoms with Gasteiger partial charge in [-0.3, -0.25) is 9.47 Å². The van der Waals surface area contributed by atoms with Crippen LogP contribution in [0.4, 0.5) is 0 Å². The van der Waals surface area contributed by atoms with E-state index < -0.39 is 0 Å². The van der Waals surface area contributed by atoms with Crippen LogP contribution in [0.1, 0.15) is 18.4 Å². The van der Waals surface area contributed by atoms with Crippen molar-refractivity contribution in [2.75, 3.05) is 6.54 Å². The predicted octanol–water partition coefficient (Wildman–Crippen LogP) is 1.31. The number of hydrogen-bond donors (Lipinski definition) is 1. The summed E-state index contributed by atoms with van der Waals surface area (Å²) in [6.07, 6.45) is 2.47. The molecule has 0 saturated carbocycles. The Labute approximate surface area is 98.9 Å². The molecule has 0 amide bonds. The molecule has 2 aromatic rings. The Morgan fingerprint density at radius 3 is 3.24 bits per heavy atom. The third-order valence-corrected chi connectivity index (χ3v) is 4.14. The molecule has 0 aliphatic carbocycles. The molecule has 0 spiro atoms. The SMILES string of the molecule is O=c1[nH]c2cccc3c2n1CC1CCCN1C3. The zero-order valence-corrected chi connectivity index (χ0v) is 9.65. The number of aromatic amines is 1. The highest BCUT2D eigenvalue weighted by Gasteiger charge is 2.29. The van der Waals surface area contributed by atoms with Crippen molar-refractivity contribution in [2.24, 2.45) is 0 Å². The minimum absolute atomic E-state index is 0.0428. The van der Waals surface area contributed by atoms with Crippen LogP contribution < -0.4 is 5.69 Å². The Morgan fingerprint density at radius 2 is 2.29 bits per heavy atom. The first-order valence-electron chi connectivity index (χ1n) is 6.27. The van der Waals surface area contributed by atoms with Gasteiger partial charge in [0.05, 0.1) is 11.0 Å². The number of aromatic nitrogens is 2. The lowest BCUT2D eigenvalue weighted by Crippen LogP contribution is -2.32. The number of benzene rings is 1. The lowest BCUT2D eigenvalue weighted by molar-refractivity contribution is 0.232. The summed E-state index contributed by atoms with van der Waals surface area (Å²) in [7, 11) is 0. The largest absolute Gasteiger partial charge is 0.326 e. The minimum atomic E-state index is 0.0428. The van der Waals surface area contributed by atoms with Crippen molar-refractivity contribution in [2.45, 2.75) is 32.0 Å². The molecule has 3 heterocycles. The maximum absolute atomic E-state index is 12.0. The van der Waals surface area contributed by atoms with Crippen molar-refractivity contribution in [3.05, 3.63) is 34.2 Å². The van der Waals surface area contributed by atoms with E-state index in [0.717, 1.165) is 24.1 Å². The maximum Gasteiger partial charge on any atom is 0.326 e. The Balaban J connectivity index is 2.01.